The molecule has 0 aliphatic carbocycles. The monoisotopic (exact) mass is 1610 g/mol. The van der Waals surface area contributed by atoms with E-state index in [0.717, 1.165) is 179 Å². The Morgan fingerprint density at radius 1 is 0.143 bits per heavy atom. The number of benzene rings is 16. The zero-order valence-corrected chi connectivity index (χ0v) is 69.0. The minimum absolute atomic E-state index is 0.708. The molecule has 0 bridgehead atoms. The topological polar surface area (TPSA) is 64.5 Å². The third-order valence-electron chi connectivity index (χ3n) is 24.6. The lowest BCUT2D eigenvalue weighted by Gasteiger charge is -2.22. The molecule has 0 saturated carbocycles. The summed E-state index contributed by atoms with van der Waals surface area (Å²) < 4.78 is 0. The molecular formula is C118H82N8. The van der Waals surface area contributed by atoms with Gasteiger partial charge in [-0.05, 0) is 268 Å². The van der Waals surface area contributed by atoms with Crippen LogP contribution in [-0.4, -0.2) is 33.3 Å². The summed E-state index contributed by atoms with van der Waals surface area (Å²) in [5.74, 6) is 0. The fraction of sp³-hybridized carbons (Fsp3) is 0.0169. The van der Waals surface area contributed by atoms with E-state index in [1.54, 1.807) is 0 Å². The fourth-order valence-corrected chi connectivity index (χ4v) is 18.4. The second kappa shape index (κ2) is 33.4. The third kappa shape index (κ3) is 14.7. The van der Waals surface area contributed by atoms with Crippen LogP contribution in [0.4, 0.5) is 45.5 Å². The average Bonchev–Trinajstić information content (AvgIpc) is 1.01. The van der Waals surface area contributed by atoms with E-state index in [0.29, 0.717) is 13.3 Å². The van der Waals surface area contributed by atoms with Gasteiger partial charge in [0, 0.05) is 69.8 Å². The second-order valence-electron chi connectivity index (χ2n) is 32.1. The minimum Gasteiger partial charge on any atom is -0.321 e. The Bertz CT molecular complexity index is 6910. The molecule has 0 N–H and O–H groups in total. The Balaban J connectivity index is 0.594. The van der Waals surface area contributed by atoms with Crippen molar-refractivity contribution in [2.75, 3.05) is 32.9 Å². The number of hydrogen-bond donors (Lipinski definition) is 0. The molecule has 0 unspecified atom stereocenters. The van der Waals surface area contributed by atoms with Gasteiger partial charge in [0.2, 0.25) is 0 Å². The predicted molar refractivity (Wildman–Crippen MR) is 523 cm³/mol. The summed E-state index contributed by atoms with van der Waals surface area (Å²) in [5, 5.41) is 0. The van der Waals surface area contributed by atoms with Gasteiger partial charge in [-0.3, -0.25) is 19.9 Å². The van der Waals surface area contributed by atoms with Gasteiger partial charge in [-0.2, -0.15) is 0 Å². The normalized spacial score (nSPS) is 12.2. The first-order valence-corrected chi connectivity index (χ1v) is 42.9. The number of para-hydroxylation sites is 6. The highest BCUT2D eigenvalue weighted by Gasteiger charge is 2.31. The van der Waals surface area contributed by atoms with Crippen LogP contribution in [0.2, 0.25) is 0 Å². The van der Waals surface area contributed by atoms with Crippen LogP contribution < -0.4 is 19.6 Å². The molecule has 0 radical (unpaired) electrons. The summed E-state index contributed by atoms with van der Waals surface area (Å²) in [5.41, 5.74) is 41.5. The van der Waals surface area contributed by atoms with Gasteiger partial charge < -0.3 is 19.6 Å². The van der Waals surface area contributed by atoms with E-state index in [1.807, 2.05) is 49.1 Å². The Labute approximate surface area is 734 Å². The van der Waals surface area contributed by atoms with E-state index >= 15 is 0 Å². The third-order valence-corrected chi connectivity index (χ3v) is 24.6. The van der Waals surface area contributed by atoms with E-state index in [9.17, 15) is 0 Å². The van der Waals surface area contributed by atoms with E-state index in [4.69, 9.17) is 9.97 Å². The van der Waals surface area contributed by atoms with Crippen LogP contribution in [-0.2, 0) is 0 Å². The van der Waals surface area contributed by atoms with Crippen LogP contribution in [0.5, 0.6) is 0 Å². The smallest absolute Gasteiger partial charge is 0.100 e. The standard InChI is InChI=1S/C118H82N8/c1-3-27-95(28-4-1)123-79-125(117-47-21-19-45-115(117)123)97-63-57-83(58-64-97)101-33-9-15-39-107(101)91-71-89(105-37-13-7-31-99(105)81-49-53-85(54-50-81)111-43-23-25-69-119-111)73-93(75-91)109-41-17-11-35-103(109)87-61-67-113(121-77-87)114-68-62-88(78-122-114)104-36-12-18-42-110(104)94-74-90(106-38-14-8-32-100(106)82-51-55-86(56-52-82)112-44-24-26-70-120-112)72-92(76-94)108-40-16-10-34-102(108)84-59-65-98(66-60-84)126-80-124(96-29-5-2-6-30-96)116-46-20-22-48-118(116)126/h1-78H,79-80H2. The summed E-state index contributed by atoms with van der Waals surface area (Å²) in [7, 11) is 0. The fourth-order valence-electron chi connectivity index (χ4n) is 18.4. The molecule has 2 aliphatic rings. The molecule has 126 heavy (non-hydrogen) atoms. The van der Waals surface area contributed by atoms with Crippen molar-refractivity contribution in [1.82, 2.24) is 19.9 Å². The van der Waals surface area contributed by atoms with Gasteiger partial charge in [0.05, 0.1) is 45.5 Å². The van der Waals surface area contributed by atoms with Crippen molar-refractivity contribution in [2.45, 2.75) is 0 Å². The van der Waals surface area contributed by atoms with E-state index < -0.39 is 0 Å². The van der Waals surface area contributed by atoms with Gasteiger partial charge in [0.25, 0.3) is 0 Å². The van der Waals surface area contributed by atoms with Gasteiger partial charge in [0.1, 0.15) is 13.3 Å². The first-order chi connectivity index (χ1) is 62.5. The molecule has 8 heteroatoms. The van der Waals surface area contributed by atoms with Gasteiger partial charge in [-0.1, -0.05) is 303 Å². The number of rotatable bonds is 19. The summed E-state index contributed by atoms with van der Waals surface area (Å²) in [4.78, 5) is 29.4. The van der Waals surface area contributed by atoms with Crippen LogP contribution in [0.15, 0.2) is 474 Å². The Morgan fingerprint density at radius 2 is 0.349 bits per heavy atom. The number of nitrogens with zero attached hydrogens (tertiary/aromatic N) is 8. The van der Waals surface area contributed by atoms with Crippen LogP contribution in [0.25, 0.3) is 167 Å². The maximum atomic E-state index is 5.25. The molecule has 0 spiro atoms. The van der Waals surface area contributed by atoms with Crippen molar-refractivity contribution in [2.24, 2.45) is 0 Å². The highest BCUT2D eigenvalue weighted by atomic mass is 15.4. The molecule has 8 nitrogen and oxygen atoms in total. The molecular weight excluding hydrogens is 1530 g/mol. The van der Waals surface area contributed by atoms with Crippen molar-refractivity contribution in [3.8, 4) is 167 Å². The number of hydrogen-bond acceptors (Lipinski definition) is 8. The second-order valence-corrected chi connectivity index (χ2v) is 32.1. The lowest BCUT2D eigenvalue weighted by atomic mass is 9.86. The maximum absolute atomic E-state index is 5.25. The molecule has 22 rings (SSSR count). The molecule has 4 aromatic heterocycles. The van der Waals surface area contributed by atoms with Gasteiger partial charge in [-0.15, -0.1) is 0 Å². The average molecular weight is 1610 g/mol. The zero-order chi connectivity index (χ0) is 83.6. The molecule has 0 amide bonds. The van der Waals surface area contributed by atoms with Gasteiger partial charge in [-0.25, -0.2) is 0 Å². The van der Waals surface area contributed by atoms with Crippen LogP contribution in [0, 0.1) is 0 Å². The summed E-state index contributed by atoms with van der Waals surface area (Å²) >= 11 is 0. The van der Waals surface area contributed by atoms with Crippen LogP contribution in [0.3, 0.4) is 0 Å². The van der Waals surface area contributed by atoms with Gasteiger partial charge in [0.15, 0.2) is 0 Å². The summed E-state index contributed by atoms with van der Waals surface area (Å²) in [6.07, 6.45) is 7.71. The molecule has 0 fully saturated rings. The van der Waals surface area contributed by atoms with Crippen molar-refractivity contribution in [1.29, 1.82) is 0 Å². The lowest BCUT2D eigenvalue weighted by molar-refractivity contribution is 0.991. The molecule has 2 aliphatic heterocycles. The Kier molecular flexibility index (Phi) is 20.0. The van der Waals surface area contributed by atoms with Crippen molar-refractivity contribution >= 4 is 45.5 Å². The minimum atomic E-state index is 0.708. The molecule has 594 valence electrons. The molecule has 16 aromatic carbocycles. The number of anilines is 8. The van der Waals surface area contributed by atoms with Crippen molar-refractivity contribution < 1.29 is 0 Å². The molecule has 0 atom stereocenters. The SMILES string of the molecule is c1ccc(N2CN(c3ccc(-c4ccccc4-c4cc(-c5ccccc5-c5ccc(-c6ccccn6)cc5)cc(-c5ccccc5-c5ccc(-c6ccc(-c7ccccc7-c7cc(-c8ccccc8-c8ccc(-c9ccccn9)cc8)cc(-c8ccccc8-c8ccc(N9CN(c%10ccccc%10)c%10ccccc%109)cc8)c7)cn6)nc5)c4)cc3)c3ccccc32)cc1. The maximum Gasteiger partial charge on any atom is 0.100 e. The number of pyridine rings is 4. The first-order valence-electron chi connectivity index (χ1n) is 42.9. The zero-order valence-electron chi connectivity index (χ0n) is 69.0. The summed E-state index contributed by atoms with van der Waals surface area (Å²) in [6, 6.07) is 162. The van der Waals surface area contributed by atoms with Crippen LogP contribution in [0.1, 0.15) is 0 Å². The highest BCUT2D eigenvalue weighted by molar-refractivity contribution is 5.99. The predicted octanol–water partition coefficient (Wildman–Crippen LogP) is 30.8. The Hall–Kier alpha value is -16.7. The first kappa shape index (κ1) is 75.5. The van der Waals surface area contributed by atoms with Crippen molar-refractivity contribution in [3.05, 3.63) is 474 Å². The van der Waals surface area contributed by atoms with E-state index in [2.05, 4.69) is 454 Å². The van der Waals surface area contributed by atoms with Gasteiger partial charge >= 0.3 is 0 Å². The van der Waals surface area contributed by atoms with E-state index in [1.165, 1.54) is 34.1 Å². The summed E-state index contributed by atoms with van der Waals surface area (Å²) in [6.45, 7) is 1.42. The molecule has 0 saturated heterocycles. The lowest BCUT2D eigenvalue weighted by Crippen LogP contribution is -2.23. The molecule has 20 aromatic rings. The number of fused-ring (bicyclic) bond motifs is 2. The quantitative estimate of drug-likeness (QED) is 0.0794. The highest BCUT2D eigenvalue weighted by Crippen LogP contribution is 2.50. The van der Waals surface area contributed by atoms with Crippen LogP contribution >= 0.6 is 0 Å². The van der Waals surface area contributed by atoms with E-state index in [-0.39, 0.29) is 0 Å². The largest absolute Gasteiger partial charge is 0.321 e. The molecule has 6 heterocycles. The van der Waals surface area contributed by atoms with Crippen molar-refractivity contribution in [3.63, 3.8) is 0 Å². The Morgan fingerprint density at radius 3 is 0.595 bits per heavy atom. The number of aromatic nitrogens is 4.